The van der Waals surface area contributed by atoms with Crippen LogP contribution in [0.1, 0.15) is 12.8 Å². The predicted molar refractivity (Wildman–Crippen MR) is 49.2 cm³/mol. The molecule has 0 radical (unpaired) electrons. The van der Waals surface area contributed by atoms with Gasteiger partial charge in [0.15, 0.2) is 0 Å². The highest BCUT2D eigenvalue weighted by molar-refractivity contribution is 5.81. The van der Waals surface area contributed by atoms with Crippen molar-refractivity contribution in [3.63, 3.8) is 0 Å². The van der Waals surface area contributed by atoms with Crippen molar-refractivity contribution in [2.45, 2.75) is 12.8 Å². The molecule has 0 bridgehead atoms. The second-order valence-corrected chi connectivity index (χ2v) is 3.83. The number of hydrogen-bond donors (Lipinski definition) is 1. The van der Waals surface area contributed by atoms with Gasteiger partial charge < -0.3 is 10.2 Å². The summed E-state index contributed by atoms with van der Waals surface area (Å²) in [5.74, 6) is 0.929. The van der Waals surface area contributed by atoms with Crippen LogP contribution in [0.2, 0.25) is 0 Å². The molecule has 1 rings (SSSR count). The van der Waals surface area contributed by atoms with Gasteiger partial charge in [-0.1, -0.05) is 0 Å². The molecule has 1 unspecified atom stereocenters. The largest absolute Gasteiger partial charge is 0.310 e. The molecule has 1 N–H and O–H groups in total. The van der Waals surface area contributed by atoms with E-state index >= 15 is 0 Å². The quantitative estimate of drug-likeness (QED) is 0.653. The van der Waals surface area contributed by atoms with E-state index in [4.69, 9.17) is 0 Å². The molecule has 1 saturated heterocycles. The molecule has 1 heterocycles. The van der Waals surface area contributed by atoms with Crippen LogP contribution in [-0.4, -0.2) is 44.4 Å². The van der Waals surface area contributed by atoms with Crippen LogP contribution in [0.4, 0.5) is 0 Å². The molecule has 12 heavy (non-hydrogen) atoms. The average molecular weight is 170 g/mol. The Morgan fingerprint density at radius 1 is 1.58 bits per heavy atom. The van der Waals surface area contributed by atoms with Gasteiger partial charge >= 0.3 is 0 Å². The van der Waals surface area contributed by atoms with Gasteiger partial charge in [-0.15, -0.1) is 0 Å². The lowest BCUT2D eigenvalue weighted by atomic mass is 9.95. The van der Waals surface area contributed by atoms with E-state index in [0.717, 1.165) is 25.9 Å². The van der Waals surface area contributed by atoms with Crippen molar-refractivity contribution in [3.8, 4) is 0 Å². The first-order chi connectivity index (χ1) is 5.68. The summed E-state index contributed by atoms with van der Waals surface area (Å²) in [6, 6.07) is 0. The Kier molecular flexibility index (Phi) is 3.69. The van der Waals surface area contributed by atoms with Gasteiger partial charge in [-0.25, -0.2) is 0 Å². The van der Waals surface area contributed by atoms with Gasteiger partial charge in [-0.05, 0) is 39.5 Å². The molecule has 0 aliphatic carbocycles. The molecule has 0 spiro atoms. The van der Waals surface area contributed by atoms with Gasteiger partial charge in [0, 0.05) is 6.42 Å². The van der Waals surface area contributed by atoms with Crippen molar-refractivity contribution >= 4 is 5.78 Å². The number of carbonyl (C=O) groups is 1. The number of rotatable bonds is 3. The summed E-state index contributed by atoms with van der Waals surface area (Å²) in [6.07, 6.45) is 1.91. The third-order valence-electron chi connectivity index (χ3n) is 2.26. The Hall–Kier alpha value is -0.410. The molecule has 0 aromatic carbocycles. The summed E-state index contributed by atoms with van der Waals surface area (Å²) in [7, 11) is 4.14. The Labute approximate surface area is 74.1 Å². The highest BCUT2D eigenvalue weighted by atomic mass is 16.1. The van der Waals surface area contributed by atoms with Gasteiger partial charge in [0.2, 0.25) is 0 Å². The molecule has 0 saturated carbocycles. The van der Waals surface area contributed by atoms with Crippen LogP contribution in [0.3, 0.4) is 0 Å². The summed E-state index contributed by atoms with van der Waals surface area (Å²) in [6.45, 7) is 2.68. The third kappa shape index (κ3) is 3.32. The van der Waals surface area contributed by atoms with E-state index in [9.17, 15) is 4.79 Å². The highest BCUT2D eigenvalue weighted by Crippen LogP contribution is 2.11. The van der Waals surface area contributed by atoms with Crippen molar-refractivity contribution < 1.29 is 4.79 Å². The smallest absolute Gasteiger partial charge is 0.146 e. The van der Waals surface area contributed by atoms with Gasteiger partial charge in [-0.2, -0.15) is 0 Å². The SMILES string of the molecule is CN(C)CCC1CNCC(=O)C1. The zero-order chi connectivity index (χ0) is 8.97. The molecule has 0 aromatic rings. The fourth-order valence-electron chi connectivity index (χ4n) is 1.53. The van der Waals surface area contributed by atoms with E-state index in [2.05, 4.69) is 24.3 Å². The summed E-state index contributed by atoms with van der Waals surface area (Å²) in [5, 5.41) is 3.14. The van der Waals surface area contributed by atoms with Crippen LogP contribution in [0.25, 0.3) is 0 Å². The number of nitrogens with zero attached hydrogens (tertiary/aromatic N) is 1. The molecule has 1 aliphatic rings. The topological polar surface area (TPSA) is 32.3 Å². The number of piperidine rings is 1. The minimum Gasteiger partial charge on any atom is -0.310 e. The van der Waals surface area contributed by atoms with Crippen molar-refractivity contribution in [3.05, 3.63) is 0 Å². The number of Topliss-reactive ketones (excluding diaryl/α,β-unsaturated/α-hetero) is 1. The van der Waals surface area contributed by atoms with Crippen LogP contribution in [0.15, 0.2) is 0 Å². The van der Waals surface area contributed by atoms with E-state index in [1.807, 2.05) is 0 Å². The van der Waals surface area contributed by atoms with Crippen LogP contribution >= 0.6 is 0 Å². The standard InChI is InChI=1S/C9H18N2O/c1-11(2)4-3-8-5-9(12)7-10-6-8/h8,10H,3-7H2,1-2H3. The van der Waals surface area contributed by atoms with Gasteiger partial charge in [-0.3, -0.25) is 4.79 Å². The maximum Gasteiger partial charge on any atom is 0.146 e. The Morgan fingerprint density at radius 2 is 2.33 bits per heavy atom. The van der Waals surface area contributed by atoms with E-state index in [0.29, 0.717) is 18.2 Å². The molecule has 0 aromatic heterocycles. The predicted octanol–water partition coefficient (Wildman–Crippen LogP) is 0.117. The first-order valence-corrected chi connectivity index (χ1v) is 4.55. The molecule has 1 fully saturated rings. The first-order valence-electron chi connectivity index (χ1n) is 4.55. The monoisotopic (exact) mass is 170 g/mol. The number of nitrogens with one attached hydrogen (secondary N) is 1. The van der Waals surface area contributed by atoms with Gasteiger partial charge in [0.25, 0.3) is 0 Å². The minimum atomic E-state index is 0.366. The van der Waals surface area contributed by atoms with Crippen LogP contribution in [0.5, 0.6) is 0 Å². The van der Waals surface area contributed by atoms with Crippen molar-refractivity contribution in [1.29, 1.82) is 0 Å². The van der Waals surface area contributed by atoms with Crippen molar-refractivity contribution in [1.82, 2.24) is 10.2 Å². The molecule has 70 valence electrons. The van der Waals surface area contributed by atoms with Gasteiger partial charge in [0.1, 0.15) is 5.78 Å². The summed E-state index contributed by atoms with van der Waals surface area (Å²) in [5.41, 5.74) is 0. The molecular formula is C9H18N2O. The number of ketones is 1. The third-order valence-corrected chi connectivity index (χ3v) is 2.26. The van der Waals surface area contributed by atoms with Crippen molar-refractivity contribution in [2.75, 3.05) is 33.7 Å². The average Bonchev–Trinajstić information content (AvgIpc) is 2.01. The Balaban J connectivity index is 2.18. The second kappa shape index (κ2) is 4.58. The molecule has 3 nitrogen and oxygen atoms in total. The first kappa shape index (κ1) is 9.68. The second-order valence-electron chi connectivity index (χ2n) is 3.83. The van der Waals surface area contributed by atoms with Crippen LogP contribution in [-0.2, 0) is 4.79 Å². The highest BCUT2D eigenvalue weighted by Gasteiger charge is 2.18. The normalized spacial score (nSPS) is 24.9. The van der Waals surface area contributed by atoms with Crippen LogP contribution in [0, 0.1) is 5.92 Å². The minimum absolute atomic E-state index is 0.366. The Bertz CT molecular complexity index is 157. The lowest BCUT2D eigenvalue weighted by Crippen LogP contribution is -2.37. The molecular weight excluding hydrogens is 152 g/mol. The maximum absolute atomic E-state index is 11.0. The maximum atomic E-state index is 11.0. The fourth-order valence-corrected chi connectivity index (χ4v) is 1.53. The number of carbonyl (C=O) groups excluding carboxylic acids is 1. The molecule has 1 aliphatic heterocycles. The summed E-state index contributed by atoms with van der Waals surface area (Å²) in [4.78, 5) is 13.2. The summed E-state index contributed by atoms with van der Waals surface area (Å²) < 4.78 is 0. The Morgan fingerprint density at radius 3 is 2.92 bits per heavy atom. The zero-order valence-corrected chi connectivity index (χ0v) is 7.97. The fraction of sp³-hybridized carbons (Fsp3) is 0.889. The lowest BCUT2D eigenvalue weighted by molar-refractivity contribution is -0.120. The van der Waals surface area contributed by atoms with Crippen molar-refractivity contribution in [2.24, 2.45) is 5.92 Å². The molecule has 1 atom stereocenters. The van der Waals surface area contributed by atoms with Crippen LogP contribution < -0.4 is 5.32 Å². The van der Waals surface area contributed by atoms with E-state index in [1.54, 1.807) is 0 Å². The van der Waals surface area contributed by atoms with E-state index < -0.39 is 0 Å². The number of hydrogen-bond acceptors (Lipinski definition) is 3. The molecule has 3 heteroatoms. The van der Waals surface area contributed by atoms with E-state index in [-0.39, 0.29) is 0 Å². The van der Waals surface area contributed by atoms with Gasteiger partial charge in [0.05, 0.1) is 6.54 Å². The zero-order valence-electron chi connectivity index (χ0n) is 7.97. The molecule has 0 amide bonds. The lowest BCUT2D eigenvalue weighted by Gasteiger charge is -2.23. The van der Waals surface area contributed by atoms with E-state index in [1.165, 1.54) is 0 Å². The summed E-state index contributed by atoms with van der Waals surface area (Å²) >= 11 is 0.